The quantitative estimate of drug-likeness (QED) is 0.159. The van der Waals surface area contributed by atoms with Gasteiger partial charge in [0.1, 0.15) is 0 Å². The van der Waals surface area contributed by atoms with Crippen molar-refractivity contribution < 1.29 is 0 Å². The van der Waals surface area contributed by atoms with Crippen LogP contribution in [0.3, 0.4) is 0 Å². The van der Waals surface area contributed by atoms with E-state index in [1.165, 1.54) is 0 Å². The van der Waals surface area contributed by atoms with Gasteiger partial charge >= 0.3 is 0 Å². The maximum Gasteiger partial charge on any atom is 0.160 e. The second kappa shape index (κ2) is 14.7. The summed E-state index contributed by atoms with van der Waals surface area (Å²) in [5, 5.41) is 0. The molecule has 5 nitrogen and oxygen atoms in total. The largest absolute Gasteiger partial charge is 0.255 e. The summed E-state index contributed by atoms with van der Waals surface area (Å²) in [6.07, 6.45) is 3.66. The molecule has 0 saturated heterocycles. The summed E-state index contributed by atoms with van der Waals surface area (Å²) >= 11 is 0. The Bertz CT molecular complexity index is 2560. The summed E-state index contributed by atoms with van der Waals surface area (Å²) in [6.45, 7) is 0. The van der Waals surface area contributed by atoms with E-state index in [9.17, 15) is 0 Å². The van der Waals surface area contributed by atoms with E-state index in [4.69, 9.17) is 19.9 Å². The Labute approximate surface area is 314 Å². The Morgan fingerprint density at radius 3 is 1.37 bits per heavy atom. The molecule has 0 radical (unpaired) electrons. The lowest BCUT2D eigenvalue weighted by atomic mass is 9.97. The third-order valence-corrected chi connectivity index (χ3v) is 9.42. The summed E-state index contributed by atoms with van der Waals surface area (Å²) in [5.74, 6) is 0.704. The molecule has 4 aromatic heterocycles. The second-order valence-corrected chi connectivity index (χ2v) is 13.0. The molecule has 5 aromatic carbocycles. The van der Waals surface area contributed by atoms with Crippen molar-refractivity contribution in [3.05, 3.63) is 200 Å². The monoisotopic (exact) mass is 691 g/mol. The standard InChI is InChI=1S/C49H33N5/c1-4-13-34(14-5-1)42-31-47(43-21-10-11-27-50-43)52-48(32-42)46-30-41(26-28-51-46)40-20-12-19-39(29-40)35-22-24-37(25-23-35)45-33-44(36-15-6-2-7-16-36)53-49(54-45)38-17-8-3-9-18-38/h1-33H. The van der Waals surface area contributed by atoms with Gasteiger partial charge in [-0.25, -0.2) is 15.0 Å². The van der Waals surface area contributed by atoms with Gasteiger partial charge in [-0.05, 0) is 81.9 Å². The van der Waals surface area contributed by atoms with Crippen molar-refractivity contribution in [1.82, 2.24) is 24.9 Å². The zero-order chi connectivity index (χ0) is 36.1. The molecule has 0 amide bonds. The van der Waals surface area contributed by atoms with Crippen molar-refractivity contribution in [1.29, 1.82) is 0 Å². The number of hydrogen-bond donors (Lipinski definition) is 0. The number of hydrogen-bond acceptors (Lipinski definition) is 5. The second-order valence-electron chi connectivity index (χ2n) is 13.0. The number of pyridine rings is 3. The van der Waals surface area contributed by atoms with Crippen LogP contribution in [0.15, 0.2) is 200 Å². The molecule has 4 heterocycles. The van der Waals surface area contributed by atoms with Gasteiger partial charge in [-0.2, -0.15) is 0 Å². The highest BCUT2D eigenvalue weighted by Crippen LogP contribution is 2.33. The molecule has 0 spiro atoms. The van der Waals surface area contributed by atoms with Gasteiger partial charge in [0.2, 0.25) is 0 Å². The van der Waals surface area contributed by atoms with Gasteiger partial charge in [0.05, 0.1) is 34.2 Å². The van der Waals surface area contributed by atoms with Crippen LogP contribution in [0.25, 0.3) is 90.1 Å². The third-order valence-electron chi connectivity index (χ3n) is 9.42. The van der Waals surface area contributed by atoms with Gasteiger partial charge in [-0.3, -0.25) is 9.97 Å². The maximum atomic E-state index is 5.04. The first-order valence-electron chi connectivity index (χ1n) is 17.9. The highest BCUT2D eigenvalue weighted by atomic mass is 14.9. The van der Waals surface area contributed by atoms with Gasteiger partial charge in [-0.1, -0.05) is 140 Å². The lowest BCUT2D eigenvalue weighted by Gasteiger charge is -2.11. The minimum atomic E-state index is 0.704. The van der Waals surface area contributed by atoms with E-state index >= 15 is 0 Å². The van der Waals surface area contributed by atoms with Gasteiger partial charge in [0.15, 0.2) is 5.82 Å². The molecule has 0 atom stereocenters. The molecular weight excluding hydrogens is 659 g/mol. The van der Waals surface area contributed by atoms with E-state index in [2.05, 4.69) is 120 Å². The maximum absolute atomic E-state index is 5.04. The van der Waals surface area contributed by atoms with E-state index in [1.54, 1.807) is 6.20 Å². The van der Waals surface area contributed by atoms with E-state index in [0.717, 1.165) is 84.2 Å². The molecule has 54 heavy (non-hydrogen) atoms. The number of benzene rings is 5. The normalized spacial score (nSPS) is 11.0. The summed E-state index contributed by atoms with van der Waals surface area (Å²) < 4.78 is 0. The van der Waals surface area contributed by atoms with Gasteiger partial charge in [0, 0.05) is 29.1 Å². The van der Waals surface area contributed by atoms with Crippen LogP contribution in [-0.2, 0) is 0 Å². The summed E-state index contributed by atoms with van der Waals surface area (Å²) in [6, 6.07) is 64.3. The Balaban J connectivity index is 1.04. The van der Waals surface area contributed by atoms with Crippen molar-refractivity contribution in [3.63, 3.8) is 0 Å². The zero-order valence-corrected chi connectivity index (χ0v) is 29.3. The molecule has 9 rings (SSSR count). The van der Waals surface area contributed by atoms with E-state index in [-0.39, 0.29) is 0 Å². The summed E-state index contributed by atoms with van der Waals surface area (Å²) in [4.78, 5) is 24.4. The molecule has 0 saturated carbocycles. The van der Waals surface area contributed by atoms with Crippen LogP contribution in [0.5, 0.6) is 0 Å². The van der Waals surface area contributed by atoms with Crippen molar-refractivity contribution in [3.8, 4) is 90.1 Å². The topological polar surface area (TPSA) is 64.5 Å². The Morgan fingerprint density at radius 2 is 0.704 bits per heavy atom. The first-order valence-corrected chi connectivity index (χ1v) is 17.9. The average Bonchev–Trinajstić information content (AvgIpc) is 3.27. The molecular formula is C49H33N5. The molecule has 0 fully saturated rings. The first kappa shape index (κ1) is 32.5. The van der Waals surface area contributed by atoms with Crippen LogP contribution in [0.2, 0.25) is 0 Å². The SMILES string of the molecule is c1ccc(-c2cc(-c3ccccn3)nc(-c3cc(-c4cccc(-c5ccc(-c6cc(-c7ccccc7)nc(-c7ccccc7)n6)cc5)c4)ccn3)c2)cc1. The lowest BCUT2D eigenvalue weighted by molar-refractivity contribution is 1.18. The molecule has 0 aliphatic carbocycles. The minimum absolute atomic E-state index is 0.704. The molecule has 0 N–H and O–H groups in total. The highest BCUT2D eigenvalue weighted by Gasteiger charge is 2.13. The van der Waals surface area contributed by atoms with Crippen molar-refractivity contribution in [2.45, 2.75) is 0 Å². The molecule has 0 aliphatic rings. The number of nitrogens with zero attached hydrogens (tertiary/aromatic N) is 5. The smallest absolute Gasteiger partial charge is 0.160 e. The highest BCUT2D eigenvalue weighted by molar-refractivity contribution is 5.79. The molecule has 0 aliphatic heterocycles. The van der Waals surface area contributed by atoms with Gasteiger partial charge in [0.25, 0.3) is 0 Å². The average molecular weight is 692 g/mol. The van der Waals surface area contributed by atoms with Crippen molar-refractivity contribution in [2.75, 3.05) is 0 Å². The molecule has 5 heteroatoms. The number of aromatic nitrogens is 5. The van der Waals surface area contributed by atoms with Crippen LogP contribution in [0.1, 0.15) is 0 Å². The predicted molar refractivity (Wildman–Crippen MR) is 219 cm³/mol. The summed E-state index contributed by atoms with van der Waals surface area (Å²) in [7, 11) is 0. The van der Waals surface area contributed by atoms with Crippen LogP contribution in [-0.4, -0.2) is 24.9 Å². The van der Waals surface area contributed by atoms with Crippen molar-refractivity contribution in [2.24, 2.45) is 0 Å². The lowest BCUT2D eigenvalue weighted by Crippen LogP contribution is -1.95. The van der Waals surface area contributed by atoms with Crippen LogP contribution >= 0.6 is 0 Å². The predicted octanol–water partition coefficient (Wildman–Crippen LogP) is 12.0. The van der Waals surface area contributed by atoms with Crippen LogP contribution in [0, 0.1) is 0 Å². The van der Waals surface area contributed by atoms with Crippen molar-refractivity contribution >= 4 is 0 Å². The Morgan fingerprint density at radius 1 is 0.222 bits per heavy atom. The van der Waals surface area contributed by atoms with E-state index in [1.807, 2.05) is 79.0 Å². The fourth-order valence-electron chi connectivity index (χ4n) is 6.63. The van der Waals surface area contributed by atoms with E-state index < -0.39 is 0 Å². The fraction of sp³-hybridized carbons (Fsp3) is 0. The zero-order valence-electron chi connectivity index (χ0n) is 29.3. The minimum Gasteiger partial charge on any atom is -0.255 e. The van der Waals surface area contributed by atoms with Gasteiger partial charge in [-0.15, -0.1) is 0 Å². The third kappa shape index (κ3) is 6.94. The van der Waals surface area contributed by atoms with E-state index in [0.29, 0.717) is 5.82 Å². The first-order chi connectivity index (χ1) is 26.7. The number of rotatable bonds is 8. The Kier molecular flexibility index (Phi) is 8.86. The van der Waals surface area contributed by atoms with Gasteiger partial charge < -0.3 is 0 Å². The van der Waals surface area contributed by atoms with Crippen LogP contribution in [0.4, 0.5) is 0 Å². The molecule has 0 unspecified atom stereocenters. The molecule has 9 aromatic rings. The molecule has 254 valence electrons. The fourth-order valence-corrected chi connectivity index (χ4v) is 6.63. The Hall–Kier alpha value is -7.37. The van der Waals surface area contributed by atoms with Crippen LogP contribution < -0.4 is 0 Å². The molecule has 0 bridgehead atoms. The summed E-state index contributed by atoms with van der Waals surface area (Å²) in [5.41, 5.74) is 14.6.